The molecule has 1 heterocycles. The first-order valence-electron chi connectivity index (χ1n) is 5.38. The van der Waals surface area contributed by atoms with E-state index in [1.807, 2.05) is 0 Å². The highest BCUT2D eigenvalue weighted by Crippen LogP contribution is 2.21. The zero-order chi connectivity index (χ0) is 14.2. The zero-order valence-corrected chi connectivity index (χ0v) is 11.2. The predicted molar refractivity (Wildman–Crippen MR) is 69.6 cm³/mol. The molecule has 0 aliphatic carbocycles. The second kappa shape index (κ2) is 4.54. The molecule has 0 bridgehead atoms. The Morgan fingerprint density at radius 3 is 2.63 bits per heavy atom. The quantitative estimate of drug-likeness (QED) is 0.830. The van der Waals surface area contributed by atoms with Crippen LogP contribution in [0, 0.1) is 12.7 Å². The lowest BCUT2D eigenvalue weighted by atomic mass is 10.3. The summed E-state index contributed by atoms with van der Waals surface area (Å²) >= 11 is 0. The molecule has 8 heteroatoms. The van der Waals surface area contributed by atoms with Crippen LogP contribution in [-0.2, 0) is 17.1 Å². The van der Waals surface area contributed by atoms with E-state index < -0.39 is 20.7 Å². The monoisotopic (exact) mass is 284 g/mol. The lowest BCUT2D eigenvalue weighted by Crippen LogP contribution is -2.17. The first kappa shape index (κ1) is 13.3. The van der Waals surface area contributed by atoms with Gasteiger partial charge in [-0.15, -0.1) is 0 Å². The maximum atomic E-state index is 13.6. The molecule has 0 aliphatic heterocycles. The molecule has 0 unspecified atom stereocenters. The van der Waals surface area contributed by atoms with Crippen molar-refractivity contribution in [1.82, 2.24) is 9.78 Å². The highest BCUT2D eigenvalue weighted by atomic mass is 32.2. The minimum atomic E-state index is -4.04. The van der Waals surface area contributed by atoms with Gasteiger partial charge < -0.3 is 5.73 Å². The summed E-state index contributed by atoms with van der Waals surface area (Å²) in [6.45, 7) is 1.72. The molecule has 0 saturated carbocycles. The minimum absolute atomic E-state index is 0.169. The van der Waals surface area contributed by atoms with Crippen molar-refractivity contribution in [3.05, 3.63) is 35.8 Å². The van der Waals surface area contributed by atoms with Gasteiger partial charge in [0.2, 0.25) is 0 Å². The number of aromatic nitrogens is 2. The van der Waals surface area contributed by atoms with Gasteiger partial charge in [0.25, 0.3) is 10.0 Å². The molecule has 0 atom stereocenters. The summed E-state index contributed by atoms with van der Waals surface area (Å²) in [5, 5.41) is 4.00. The van der Waals surface area contributed by atoms with Crippen LogP contribution >= 0.6 is 0 Å². The van der Waals surface area contributed by atoms with Crippen LogP contribution in [-0.4, -0.2) is 18.2 Å². The molecule has 0 fully saturated rings. The average Bonchev–Trinajstić information content (AvgIpc) is 2.60. The number of anilines is 2. The van der Waals surface area contributed by atoms with Gasteiger partial charge in [0.05, 0.1) is 5.69 Å². The van der Waals surface area contributed by atoms with Gasteiger partial charge >= 0.3 is 0 Å². The Hall–Kier alpha value is -2.09. The van der Waals surface area contributed by atoms with Gasteiger partial charge in [0.15, 0.2) is 0 Å². The molecule has 1 aromatic heterocycles. The molecule has 3 N–H and O–H groups in total. The third-order valence-corrected chi connectivity index (χ3v) is 3.86. The van der Waals surface area contributed by atoms with Gasteiger partial charge in [-0.3, -0.25) is 9.40 Å². The van der Waals surface area contributed by atoms with Gasteiger partial charge in [-0.2, -0.15) is 5.10 Å². The van der Waals surface area contributed by atoms with E-state index in [0.717, 1.165) is 12.1 Å². The molecule has 19 heavy (non-hydrogen) atoms. The summed E-state index contributed by atoms with van der Waals surface area (Å²) in [7, 11) is -2.46. The Morgan fingerprint density at radius 1 is 1.37 bits per heavy atom. The Labute approximate surface area is 110 Å². The number of sulfonamides is 1. The number of hydrogen-bond acceptors (Lipinski definition) is 4. The number of nitrogen functional groups attached to an aromatic ring is 1. The summed E-state index contributed by atoms with van der Waals surface area (Å²) in [4.78, 5) is -0.494. The topological polar surface area (TPSA) is 90.0 Å². The standard InChI is InChI=1S/C11H13FN4O2S/c1-7-5-11(16(2)14-7)15-19(17,18)10-6-8(13)3-4-9(10)12/h3-6,15H,13H2,1-2H3. The zero-order valence-electron chi connectivity index (χ0n) is 10.4. The Balaban J connectivity index is 2.43. The predicted octanol–water partition coefficient (Wildman–Crippen LogP) is 1.25. The van der Waals surface area contributed by atoms with E-state index in [4.69, 9.17) is 5.73 Å². The average molecular weight is 284 g/mol. The van der Waals surface area contributed by atoms with Crippen molar-refractivity contribution in [1.29, 1.82) is 0 Å². The van der Waals surface area contributed by atoms with E-state index in [1.54, 1.807) is 20.0 Å². The van der Waals surface area contributed by atoms with E-state index in [9.17, 15) is 12.8 Å². The number of nitrogens with one attached hydrogen (secondary N) is 1. The molecule has 2 rings (SSSR count). The second-order valence-electron chi connectivity index (χ2n) is 4.09. The van der Waals surface area contributed by atoms with Crippen molar-refractivity contribution >= 4 is 21.5 Å². The van der Waals surface area contributed by atoms with Crippen LogP contribution in [0.2, 0.25) is 0 Å². The summed E-state index contributed by atoms with van der Waals surface area (Å²) < 4.78 is 41.4. The van der Waals surface area contributed by atoms with Crippen LogP contribution in [0.3, 0.4) is 0 Å². The lowest BCUT2D eigenvalue weighted by Gasteiger charge is -2.09. The summed E-state index contributed by atoms with van der Waals surface area (Å²) in [5.74, 6) is -0.611. The fraction of sp³-hybridized carbons (Fsp3) is 0.182. The van der Waals surface area contributed by atoms with Crippen LogP contribution in [0.25, 0.3) is 0 Å². The third kappa shape index (κ3) is 2.68. The van der Waals surface area contributed by atoms with Crippen molar-refractivity contribution in [3.63, 3.8) is 0 Å². The Bertz CT molecular complexity index is 724. The van der Waals surface area contributed by atoms with Gasteiger partial charge in [0.1, 0.15) is 16.5 Å². The smallest absolute Gasteiger partial charge is 0.266 e. The van der Waals surface area contributed by atoms with Gasteiger partial charge in [-0.1, -0.05) is 0 Å². The highest BCUT2D eigenvalue weighted by Gasteiger charge is 2.21. The first-order chi connectivity index (χ1) is 8.79. The van der Waals surface area contributed by atoms with Crippen LogP contribution in [0.1, 0.15) is 5.69 Å². The Kier molecular flexibility index (Phi) is 3.19. The highest BCUT2D eigenvalue weighted by molar-refractivity contribution is 7.92. The summed E-state index contributed by atoms with van der Waals surface area (Å²) in [6.07, 6.45) is 0. The molecule has 6 nitrogen and oxygen atoms in total. The third-order valence-electron chi connectivity index (χ3n) is 2.49. The van der Waals surface area contributed by atoms with Crippen molar-refractivity contribution in [2.75, 3.05) is 10.5 Å². The SMILES string of the molecule is Cc1cc(NS(=O)(=O)c2cc(N)ccc2F)n(C)n1. The molecular formula is C11H13FN4O2S. The molecule has 0 aliphatic rings. The number of halogens is 1. The lowest BCUT2D eigenvalue weighted by molar-refractivity contribution is 0.570. The van der Waals surface area contributed by atoms with E-state index >= 15 is 0 Å². The van der Waals surface area contributed by atoms with Crippen LogP contribution in [0.4, 0.5) is 15.9 Å². The minimum Gasteiger partial charge on any atom is -0.399 e. The number of nitrogens with two attached hydrogens (primary N) is 1. The first-order valence-corrected chi connectivity index (χ1v) is 6.86. The Morgan fingerprint density at radius 2 is 2.05 bits per heavy atom. The van der Waals surface area contributed by atoms with E-state index in [0.29, 0.717) is 5.69 Å². The number of aryl methyl sites for hydroxylation is 2. The molecule has 0 spiro atoms. The molecule has 102 valence electrons. The summed E-state index contributed by atoms with van der Waals surface area (Å²) in [5.41, 5.74) is 6.29. The van der Waals surface area contributed by atoms with Gasteiger partial charge in [-0.05, 0) is 25.1 Å². The van der Waals surface area contributed by atoms with E-state index in [1.165, 1.54) is 10.7 Å². The van der Waals surface area contributed by atoms with E-state index in [-0.39, 0.29) is 11.5 Å². The molecule has 0 radical (unpaired) electrons. The largest absolute Gasteiger partial charge is 0.399 e. The molecular weight excluding hydrogens is 271 g/mol. The number of hydrogen-bond donors (Lipinski definition) is 2. The van der Waals surface area contributed by atoms with Crippen molar-refractivity contribution in [2.24, 2.45) is 7.05 Å². The van der Waals surface area contributed by atoms with Crippen molar-refractivity contribution in [3.8, 4) is 0 Å². The molecule has 0 amide bonds. The van der Waals surface area contributed by atoms with Crippen LogP contribution < -0.4 is 10.5 Å². The molecule has 2 aromatic rings. The van der Waals surface area contributed by atoms with Gasteiger partial charge in [-0.25, -0.2) is 12.8 Å². The van der Waals surface area contributed by atoms with E-state index in [2.05, 4.69) is 9.82 Å². The second-order valence-corrected chi connectivity index (χ2v) is 5.74. The van der Waals surface area contributed by atoms with Crippen molar-refractivity contribution < 1.29 is 12.8 Å². The van der Waals surface area contributed by atoms with Crippen LogP contribution in [0.5, 0.6) is 0 Å². The maximum absolute atomic E-state index is 13.6. The normalized spacial score (nSPS) is 11.5. The van der Waals surface area contributed by atoms with Crippen molar-refractivity contribution in [2.45, 2.75) is 11.8 Å². The number of nitrogens with zero attached hydrogens (tertiary/aromatic N) is 2. The number of rotatable bonds is 3. The van der Waals surface area contributed by atoms with Crippen LogP contribution in [0.15, 0.2) is 29.2 Å². The molecule has 1 aromatic carbocycles. The maximum Gasteiger partial charge on any atom is 0.266 e. The fourth-order valence-corrected chi connectivity index (χ4v) is 2.82. The molecule has 0 saturated heterocycles. The van der Waals surface area contributed by atoms with Gasteiger partial charge in [0, 0.05) is 18.8 Å². The number of benzene rings is 1. The summed E-state index contributed by atoms with van der Waals surface area (Å²) in [6, 6.07) is 4.92. The fourth-order valence-electron chi connectivity index (χ4n) is 1.62.